The molecular formula is C21H23N3O3S. The number of hydrogen-bond donors (Lipinski definition) is 1. The molecule has 1 N–H and O–H groups in total. The summed E-state index contributed by atoms with van der Waals surface area (Å²) in [5, 5.41) is 2.94. The highest BCUT2D eigenvalue weighted by Gasteiger charge is 2.34. The van der Waals surface area contributed by atoms with Crippen molar-refractivity contribution in [3.8, 4) is 0 Å². The van der Waals surface area contributed by atoms with Crippen LogP contribution in [0.2, 0.25) is 0 Å². The molecule has 2 aromatic rings. The molecule has 1 unspecified atom stereocenters. The van der Waals surface area contributed by atoms with Crippen LogP contribution in [0.15, 0.2) is 52.3 Å². The Morgan fingerprint density at radius 1 is 1.14 bits per heavy atom. The van der Waals surface area contributed by atoms with Gasteiger partial charge in [-0.1, -0.05) is 12.1 Å². The minimum atomic E-state index is -1.48. The van der Waals surface area contributed by atoms with Crippen molar-refractivity contribution in [3.05, 3.63) is 53.6 Å². The number of carbonyl (C=O) groups is 2. The van der Waals surface area contributed by atoms with Crippen molar-refractivity contribution in [2.45, 2.75) is 22.6 Å². The van der Waals surface area contributed by atoms with Crippen molar-refractivity contribution in [2.24, 2.45) is 0 Å². The Morgan fingerprint density at radius 3 is 2.68 bits per heavy atom. The van der Waals surface area contributed by atoms with E-state index in [1.807, 2.05) is 0 Å². The van der Waals surface area contributed by atoms with Crippen molar-refractivity contribution in [1.29, 1.82) is 0 Å². The third-order valence-corrected chi connectivity index (χ3v) is 6.82. The van der Waals surface area contributed by atoms with Crippen LogP contribution in [-0.4, -0.2) is 54.5 Å². The Hall–Kier alpha value is -2.35. The number of rotatable bonds is 4. The summed E-state index contributed by atoms with van der Waals surface area (Å²) >= 11 is -1.48. The third-order valence-electron chi connectivity index (χ3n) is 5.32. The fourth-order valence-corrected chi connectivity index (χ4v) is 5.10. The molecule has 2 aliphatic rings. The maximum absolute atomic E-state index is 13.0. The summed E-state index contributed by atoms with van der Waals surface area (Å²) in [7, 11) is 1.65. The van der Waals surface area contributed by atoms with Gasteiger partial charge in [0.05, 0.1) is 5.56 Å². The molecule has 4 rings (SSSR count). The van der Waals surface area contributed by atoms with Crippen molar-refractivity contribution < 1.29 is 14.1 Å². The molecule has 6 nitrogen and oxygen atoms in total. The minimum Gasteiger partial charge on any atom is -0.606 e. The van der Waals surface area contributed by atoms with Gasteiger partial charge in [-0.05, 0) is 56.3 Å². The highest BCUT2D eigenvalue weighted by atomic mass is 32.2. The van der Waals surface area contributed by atoms with E-state index in [9.17, 15) is 14.1 Å². The molecule has 7 heteroatoms. The average molecular weight is 398 g/mol. The van der Waals surface area contributed by atoms with Crippen LogP contribution in [0.1, 0.15) is 33.6 Å². The van der Waals surface area contributed by atoms with E-state index in [1.165, 1.54) is 17.7 Å². The standard InChI is InChI=1S/C21H23N3O3S/c1-23-17-14-15(20(25)22-10-13-24-11-4-5-12-24)8-9-19(17)28(27)18-7-3-2-6-16(18)21(23)26/h2-3,6-9,14H,4-5,10-13H2,1H3,(H,22,25). The van der Waals surface area contributed by atoms with E-state index in [4.69, 9.17) is 0 Å². The quantitative estimate of drug-likeness (QED) is 0.803. The molecule has 2 heterocycles. The summed E-state index contributed by atoms with van der Waals surface area (Å²) in [5.74, 6) is -0.412. The number of benzene rings is 2. The van der Waals surface area contributed by atoms with Crippen LogP contribution in [-0.2, 0) is 11.2 Å². The number of carbonyl (C=O) groups excluding carboxylic acids is 2. The fraction of sp³-hybridized carbons (Fsp3) is 0.333. The smallest absolute Gasteiger partial charge is 0.263 e. The van der Waals surface area contributed by atoms with Gasteiger partial charge >= 0.3 is 0 Å². The van der Waals surface area contributed by atoms with Gasteiger partial charge in [0, 0.05) is 36.9 Å². The number of likely N-dealkylation sites (tertiary alicyclic amines) is 1. The second kappa shape index (κ2) is 7.95. The first-order valence-electron chi connectivity index (χ1n) is 9.50. The van der Waals surface area contributed by atoms with Crippen molar-refractivity contribution in [1.82, 2.24) is 10.2 Å². The molecular weight excluding hydrogens is 374 g/mol. The first-order chi connectivity index (χ1) is 13.6. The molecule has 0 saturated carbocycles. The normalized spacial score (nSPS) is 19.1. The highest BCUT2D eigenvalue weighted by Crippen LogP contribution is 2.36. The van der Waals surface area contributed by atoms with E-state index in [2.05, 4.69) is 10.2 Å². The Bertz CT molecular complexity index is 912. The molecule has 28 heavy (non-hydrogen) atoms. The lowest BCUT2D eigenvalue weighted by atomic mass is 10.1. The van der Waals surface area contributed by atoms with Crippen LogP contribution in [0.4, 0.5) is 5.69 Å². The number of amides is 2. The van der Waals surface area contributed by atoms with Crippen LogP contribution in [0.5, 0.6) is 0 Å². The molecule has 0 aromatic heterocycles. The lowest BCUT2D eigenvalue weighted by Gasteiger charge is -2.18. The Balaban J connectivity index is 1.56. The van der Waals surface area contributed by atoms with Gasteiger partial charge in [0.15, 0.2) is 9.79 Å². The Kier molecular flexibility index (Phi) is 5.39. The minimum absolute atomic E-state index is 0.185. The van der Waals surface area contributed by atoms with Gasteiger partial charge in [-0.25, -0.2) is 0 Å². The SMILES string of the molecule is CN1C(=O)c2ccccc2[S+]([O-])c2ccc(C(=O)NCCN3CCCC3)cc21. The predicted molar refractivity (Wildman–Crippen MR) is 108 cm³/mol. The molecule has 0 radical (unpaired) electrons. The summed E-state index contributed by atoms with van der Waals surface area (Å²) in [4.78, 5) is 30.2. The molecule has 2 aromatic carbocycles. The zero-order chi connectivity index (χ0) is 19.7. The van der Waals surface area contributed by atoms with Gasteiger partial charge in [0.25, 0.3) is 11.8 Å². The maximum atomic E-state index is 13.0. The van der Waals surface area contributed by atoms with Gasteiger partial charge in [0.2, 0.25) is 0 Å². The van der Waals surface area contributed by atoms with Crippen molar-refractivity contribution >= 4 is 28.7 Å². The van der Waals surface area contributed by atoms with E-state index in [0.29, 0.717) is 33.2 Å². The lowest BCUT2D eigenvalue weighted by molar-refractivity contribution is 0.0947. The Labute approximate surface area is 167 Å². The van der Waals surface area contributed by atoms with E-state index in [1.54, 1.807) is 49.5 Å². The summed E-state index contributed by atoms with van der Waals surface area (Å²) < 4.78 is 13.0. The summed E-state index contributed by atoms with van der Waals surface area (Å²) in [5.41, 5.74) is 1.39. The van der Waals surface area contributed by atoms with Crippen molar-refractivity contribution in [3.63, 3.8) is 0 Å². The van der Waals surface area contributed by atoms with E-state index >= 15 is 0 Å². The number of nitrogens with zero attached hydrogens (tertiary/aromatic N) is 2. The van der Waals surface area contributed by atoms with Gasteiger partial charge in [0.1, 0.15) is 5.69 Å². The molecule has 1 saturated heterocycles. The lowest BCUT2D eigenvalue weighted by Crippen LogP contribution is -2.33. The molecule has 0 bridgehead atoms. The van der Waals surface area contributed by atoms with Gasteiger partial charge in [-0.15, -0.1) is 0 Å². The molecule has 1 atom stereocenters. The fourth-order valence-electron chi connectivity index (χ4n) is 3.73. The number of anilines is 1. The molecule has 146 valence electrons. The predicted octanol–water partition coefficient (Wildman–Crippen LogP) is 2.27. The maximum Gasteiger partial charge on any atom is 0.263 e. The van der Waals surface area contributed by atoms with E-state index in [-0.39, 0.29) is 11.8 Å². The van der Waals surface area contributed by atoms with E-state index in [0.717, 1.165) is 19.6 Å². The Morgan fingerprint density at radius 2 is 1.89 bits per heavy atom. The van der Waals surface area contributed by atoms with Crippen LogP contribution in [0.25, 0.3) is 0 Å². The molecule has 1 fully saturated rings. The second-order valence-electron chi connectivity index (χ2n) is 7.12. The zero-order valence-electron chi connectivity index (χ0n) is 15.8. The number of nitrogens with one attached hydrogen (secondary N) is 1. The first kappa shape index (κ1) is 19.0. The zero-order valence-corrected chi connectivity index (χ0v) is 16.6. The molecule has 0 aliphatic carbocycles. The van der Waals surface area contributed by atoms with Crippen LogP contribution in [0.3, 0.4) is 0 Å². The average Bonchev–Trinajstić information content (AvgIpc) is 3.22. The highest BCUT2D eigenvalue weighted by molar-refractivity contribution is 7.91. The largest absolute Gasteiger partial charge is 0.606 e. The van der Waals surface area contributed by atoms with E-state index < -0.39 is 11.2 Å². The number of fused-ring (bicyclic) bond motifs is 2. The summed E-state index contributed by atoms with van der Waals surface area (Å²) in [6, 6.07) is 12.0. The molecule has 2 amide bonds. The number of hydrogen-bond acceptors (Lipinski definition) is 4. The topological polar surface area (TPSA) is 75.7 Å². The van der Waals surface area contributed by atoms with Gasteiger partial charge < -0.3 is 19.7 Å². The molecule has 0 spiro atoms. The van der Waals surface area contributed by atoms with Gasteiger partial charge in [-0.3, -0.25) is 9.59 Å². The van der Waals surface area contributed by atoms with Crippen molar-refractivity contribution in [2.75, 3.05) is 38.1 Å². The molecule has 2 aliphatic heterocycles. The summed E-state index contributed by atoms with van der Waals surface area (Å²) in [6.45, 7) is 3.61. The van der Waals surface area contributed by atoms with Gasteiger partial charge in [-0.2, -0.15) is 0 Å². The van der Waals surface area contributed by atoms with Crippen LogP contribution in [0, 0.1) is 0 Å². The first-order valence-corrected chi connectivity index (χ1v) is 10.6. The third kappa shape index (κ3) is 3.53. The summed E-state index contributed by atoms with van der Waals surface area (Å²) in [6.07, 6.45) is 2.44. The van der Waals surface area contributed by atoms with Crippen LogP contribution < -0.4 is 10.2 Å². The van der Waals surface area contributed by atoms with Crippen LogP contribution >= 0.6 is 0 Å². The monoisotopic (exact) mass is 397 g/mol. The second-order valence-corrected chi connectivity index (χ2v) is 8.53.